The Morgan fingerprint density at radius 3 is 2.00 bits per heavy atom. The third kappa shape index (κ3) is 2.98. The Bertz CT molecular complexity index is 435. The summed E-state index contributed by atoms with van der Waals surface area (Å²) < 4.78 is 13.0. The minimum atomic E-state index is -0.270. The second-order valence-electron chi connectivity index (χ2n) is 5.54. The molecule has 1 heterocycles. The maximum absolute atomic E-state index is 5.90. The Kier molecular flexibility index (Phi) is 3.90. The van der Waals surface area contributed by atoms with Gasteiger partial charge >= 0.3 is 7.12 Å². The third-order valence-corrected chi connectivity index (χ3v) is 4.31. The van der Waals surface area contributed by atoms with Crippen molar-refractivity contribution in [3.8, 4) is 0 Å². The molecule has 0 unspecified atom stereocenters. The van der Waals surface area contributed by atoms with E-state index in [9.17, 15) is 0 Å². The number of rotatable bonds is 2. The minimum Gasteiger partial charge on any atom is -0.400 e. The van der Waals surface area contributed by atoms with E-state index < -0.39 is 0 Å². The molecule has 1 aliphatic heterocycles. The normalized spacial score (nSPS) is 21.7. The first-order valence-corrected chi connectivity index (χ1v) is 7.17. The van der Waals surface area contributed by atoms with Crippen LogP contribution in [0.25, 0.3) is 6.08 Å². The van der Waals surface area contributed by atoms with E-state index in [1.807, 2.05) is 12.1 Å². The number of benzene rings is 1. The lowest BCUT2D eigenvalue weighted by Crippen LogP contribution is -2.41. The Morgan fingerprint density at radius 1 is 1.00 bits per heavy atom. The van der Waals surface area contributed by atoms with Crippen molar-refractivity contribution in [3.63, 3.8) is 0 Å². The molecule has 1 aromatic carbocycles. The summed E-state index contributed by atoms with van der Waals surface area (Å²) in [4.78, 5) is 0. The molecule has 4 heteroatoms. The van der Waals surface area contributed by atoms with Crippen LogP contribution in [0.5, 0.6) is 0 Å². The lowest BCUT2D eigenvalue weighted by molar-refractivity contribution is 0.00578. The van der Waals surface area contributed by atoms with E-state index in [4.69, 9.17) is 9.31 Å². The predicted octanol–water partition coefficient (Wildman–Crippen LogP) is 3.94. The number of hydrogen-bond acceptors (Lipinski definition) is 2. The summed E-state index contributed by atoms with van der Waals surface area (Å²) in [5.41, 5.74) is 0.618. The third-order valence-electron chi connectivity index (χ3n) is 3.59. The fourth-order valence-corrected chi connectivity index (χ4v) is 2.09. The summed E-state index contributed by atoms with van der Waals surface area (Å²) in [5, 5.41) is 0. The van der Waals surface area contributed by atoms with Gasteiger partial charge in [0, 0.05) is 3.57 Å². The molecule has 1 aliphatic rings. The topological polar surface area (TPSA) is 18.5 Å². The summed E-state index contributed by atoms with van der Waals surface area (Å²) in [7, 11) is -0.269. The molecule has 0 bridgehead atoms. The van der Waals surface area contributed by atoms with E-state index in [0.717, 1.165) is 5.56 Å². The van der Waals surface area contributed by atoms with Crippen LogP contribution in [0, 0.1) is 3.57 Å². The first-order chi connectivity index (χ1) is 8.30. The monoisotopic (exact) mass is 356 g/mol. The molecule has 0 radical (unpaired) electrons. The quantitative estimate of drug-likeness (QED) is 0.591. The first-order valence-electron chi connectivity index (χ1n) is 6.10. The molecule has 96 valence electrons. The summed E-state index contributed by atoms with van der Waals surface area (Å²) >= 11 is 2.30. The highest BCUT2D eigenvalue weighted by molar-refractivity contribution is 14.1. The maximum Gasteiger partial charge on any atom is 0.487 e. The van der Waals surface area contributed by atoms with Crippen LogP contribution in [0.4, 0.5) is 0 Å². The van der Waals surface area contributed by atoms with E-state index in [0.29, 0.717) is 0 Å². The molecular formula is C14H18BIO2. The first kappa shape index (κ1) is 14.1. The molecule has 0 aromatic heterocycles. The molecule has 0 N–H and O–H groups in total. The summed E-state index contributed by atoms with van der Waals surface area (Å²) in [5.74, 6) is 1.97. The van der Waals surface area contributed by atoms with Gasteiger partial charge in [0.15, 0.2) is 0 Å². The van der Waals surface area contributed by atoms with Gasteiger partial charge in [-0.2, -0.15) is 0 Å². The van der Waals surface area contributed by atoms with Crippen molar-refractivity contribution in [1.82, 2.24) is 0 Å². The molecule has 1 saturated heterocycles. The molecule has 2 rings (SSSR count). The van der Waals surface area contributed by atoms with Gasteiger partial charge in [0.1, 0.15) is 0 Å². The molecular weight excluding hydrogens is 338 g/mol. The Hall–Kier alpha value is -0.325. The SMILES string of the molecule is CC1(C)OB(/C=C/c2ccc(I)cc2)OC1(C)C. The van der Waals surface area contributed by atoms with E-state index in [1.165, 1.54) is 3.57 Å². The second kappa shape index (κ2) is 4.98. The molecule has 0 aliphatic carbocycles. The van der Waals surface area contributed by atoms with Crippen LogP contribution in [0.15, 0.2) is 30.2 Å². The molecule has 1 aromatic rings. The van der Waals surface area contributed by atoms with E-state index in [1.54, 1.807) is 0 Å². The van der Waals surface area contributed by atoms with Gasteiger partial charge in [0.05, 0.1) is 11.2 Å². The molecule has 0 amide bonds. The largest absolute Gasteiger partial charge is 0.487 e. The van der Waals surface area contributed by atoms with E-state index in [-0.39, 0.29) is 18.3 Å². The van der Waals surface area contributed by atoms with Crippen LogP contribution in [-0.4, -0.2) is 18.3 Å². The van der Waals surface area contributed by atoms with Crippen LogP contribution >= 0.6 is 22.6 Å². The Morgan fingerprint density at radius 2 is 1.50 bits per heavy atom. The lowest BCUT2D eigenvalue weighted by Gasteiger charge is -2.32. The van der Waals surface area contributed by atoms with Crippen LogP contribution in [0.1, 0.15) is 33.3 Å². The Labute approximate surface area is 123 Å². The van der Waals surface area contributed by atoms with Crippen molar-refractivity contribution >= 4 is 35.8 Å². The van der Waals surface area contributed by atoms with Crippen LogP contribution in [-0.2, 0) is 9.31 Å². The number of halogens is 1. The van der Waals surface area contributed by atoms with Crippen LogP contribution < -0.4 is 0 Å². The second-order valence-corrected chi connectivity index (χ2v) is 6.78. The maximum atomic E-state index is 5.90. The zero-order valence-corrected chi connectivity index (χ0v) is 13.4. The fourth-order valence-electron chi connectivity index (χ4n) is 1.73. The van der Waals surface area contributed by atoms with Gasteiger partial charge in [-0.1, -0.05) is 24.2 Å². The predicted molar refractivity (Wildman–Crippen MR) is 84.3 cm³/mol. The molecule has 18 heavy (non-hydrogen) atoms. The zero-order chi connectivity index (χ0) is 13.4. The smallest absolute Gasteiger partial charge is 0.400 e. The van der Waals surface area contributed by atoms with Gasteiger partial charge in [-0.05, 0) is 68.0 Å². The highest BCUT2D eigenvalue weighted by Gasteiger charge is 2.49. The van der Waals surface area contributed by atoms with Crippen molar-refractivity contribution < 1.29 is 9.31 Å². The van der Waals surface area contributed by atoms with Crippen molar-refractivity contribution in [2.24, 2.45) is 0 Å². The molecule has 0 saturated carbocycles. The Balaban J connectivity index is 2.06. The van der Waals surface area contributed by atoms with Crippen LogP contribution in [0.2, 0.25) is 0 Å². The summed E-state index contributed by atoms with van der Waals surface area (Å²) in [6.45, 7) is 8.24. The molecule has 2 nitrogen and oxygen atoms in total. The highest BCUT2D eigenvalue weighted by atomic mass is 127. The standard InChI is InChI=1S/C14H18BIO2/c1-13(2)14(3,4)18-15(17-13)10-9-11-5-7-12(16)8-6-11/h5-10H,1-4H3/b10-9+. The average molecular weight is 356 g/mol. The van der Waals surface area contributed by atoms with Crippen LogP contribution in [0.3, 0.4) is 0 Å². The van der Waals surface area contributed by atoms with E-state index in [2.05, 4.69) is 74.6 Å². The highest BCUT2D eigenvalue weighted by Crippen LogP contribution is 2.36. The lowest BCUT2D eigenvalue weighted by atomic mass is 9.89. The van der Waals surface area contributed by atoms with Gasteiger partial charge in [0.25, 0.3) is 0 Å². The van der Waals surface area contributed by atoms with Gasteiger partial charge < -0.3 is 9.31 Å². The van der Waals surface area contributed by atoms with Crippen molar-refractivity contribution in [1.29, 1.82) is 0 Å². The van der Waals surface area contributed by atoms with E-state index >= 15 is 0 Å². The van der Waals surface area contributed by atoms with Crippen molar-refractivity contribution in [3.05, 3.63) is 39.4 Å². The molecule has 0 atom stereocenters. The zero-order valence-electron chi connectivity index (χ0n) is 11.2. The van der Waals surface area contributed by atoms with Crippen molar-refractivity contribution in [2.75, 3.05) is 0 Å². The molecule has 1 fully saturated rings. The van der Waals surface area contributed by atoms with Gasteiger partial charge in [0.2, 0.25) is 0 Å². The average Bonchev–Trinajstić information content (AvgIpc) is 2.47. The fraction of sp³-hybridized carbons (Fsp3) is 0.429. The minimum absolute atomic E-state index is 0.269. The number of hydrogen-bond donors (Lipinski definition) is 0. The summed E-state index contributed by atoms with van der Waals surface area (Å²) in [6, 6.07) is 8.35. The van der Waals surface area contributed by atoms with Gasteiger partial charge in [-0.25, -0.2) is 0 Å². The molecule has 0 spiro atoms. The van der Waals surface area contributed by atoms with Crippen molar-refractivity contribution in [2.45, 2.75) is 38.9 Å². The summed E-state index contributed by atoms with van der Waals surface area (Å²) in [6.07, 6.45) is 2.04. The van der Waals surface area contributed by atoms with Gasteiger partial charge in [-0.3, -0.25) is 0 Å². The van der Waals surface area contributed by atoms with Gasteiger partial charge in [-0.15, -0.1) is 0 Å².